The molecule has 4 heteroatoms. The second-order valence-corrected chi connectivity index (χ2v) is 6.73. The van der Waals surface area contributed by atoms with E-state index in [0.29, 0.717) is 5.56 Å². The van der Waals surface area contributed by atoms with Crippen molar-refractivity contribution in [1.29, 1.82) is 0 Å². The third-order valence-electron chi connectivity index (χ3n) is 3.01. The molecule has 0 spiro atoms. The summed E-state index contributed by atoms with van der Waals surface area (Å²) in [4.78, 5) is 11.2. The van der Waals surface area contributed by atoms with Gasteiger partial charge in [-0.2, -0.15) is 0 Å². The molecule has 0 heterocycles. The van der Waals surface area contributed by atoms with Crippen LogP contribution in [0.3, 0.4) is 0 Å². The van der Waals surface area contributed by atoms with Crippen molar-refractivity contribution in [3.05, 3.63) is 28.8 Å². The first-order chi connectivity index (χ1) is 7.94. The van der Waals surface area contributed by atoms with E-state index >= 15 is 0 Å². The Balaban J connectivity index is 0.00000324. The Hall–Kier alpha value is -0.991. The number of hydrogen-bond acceptors (Lipinski definition) is 2. The maximum absolute atomic E-state index is 11.2. The van der Waals surface area contributed by atoms with E-state index in [-0.39, 0.29) is 39.2 Å². The normalized spacial score (nSPS) is 11.9. The second-order valence-electron chi connectivity index (χ2n) is 6.73. The van der Waals surface area contributed by atoms with E-state index in [1.54, 1.807) is 6.07 Å². The van der Waals surface area contributed by atoms with Crippen molar-refractivity contribution >= 4 is 5.97 Å². The van der Waals surface area contributed by atoms with Crippen LogP contribution < -0.4 is 0 Å². The Labute approximate surface area is 125 Å². The number of rotatable bonds is 1. The van der Waals surface area contributed by atoms with Crippen molar-refractivity contribution in [2.24, 2.45) is 0 Å². The van der Waals surface area contributed by atoms with Gasteiger partial charge in [0.15, 0.2) is 0 Å². The van der Waals surface area contributed by atoms with Crippen molar-refractivity contribution in [2.45, 2.75) is 52.4 Å². The standard InChI is InChI=1S/C15H22O3.Fe/c1-14(2,3)9-7-10(13(17)18)12(16)11(8-9)15(4,5)6;/h7-8,16H,1-6H3,(H,17,18);. The first-order valence-electron chi connectivity index (χ1n) is 6.06. The number of carboxylic acid groups (broad SMARTS) is 1. The van der Waals surface area contributed by atoms with Gasteiger partial charge in [-0.1, -0.05) is 47.6 Å². The van der Waals surface area contributed by atoms with Crippen LogP contribution in [0.2, 0.25) is 0 Å². The average Bonchev–Trinajstić information content (AvgIpc) is 2.13. The molecule has 0 aromatic heterocycles. The van der Waals surface area contributed by atoms with Gasteiger partial charge in [0.2, 0.25) is 0 Å². The van der Waals surface area contributed by atoms with Crippen LogP contribution in [-0.2, 0) is 27.9 Å². The number of phenols is 1. The molecule has 0 saturated carbocycles. The van der Waals surface area contributed by atoms with Crippen LogP contribution in [0.15, 0.2) is 12.1 Å². The fourth-order valence-corrected chi connectivity index (χ4v) is 1.80. The predicted octanol–water partition coefficient (Wildman–Crippen LogP) is 3.68. The Kier molecular flexibility index (Phi) is 5.27. The van der Waals surface area contributed by atoms with Gasteiger partial charge in [0.1, 0.15) is 11.3 Å². The minimum absolute atomic E-state index is 0. The third-order valence-corrected chi connectivity index (χ3v) is 3.01. The summed E-state index contributed by atoms with van der Waals surface area (Å²) in [6.45, 7) is 12.0. The molecule has 108 valence electrons. The number of carboxylic acids is 1. The predicted molar refractivity (Wildman–Crippen MR) is 72.5 cm³/mol. The van der Waals surface area contributed by atoms with Gasteiger partial charge in [0, 0.05) is 22.6 Å². The van der Waals surface area contributed by atoms with Crippen molar-refractivity contribution in [1.82, 2.24) is 0 Å². The van der Waals surface area contributed by atoms with E-state index < -0.39 is 5.97 Å². The molecule has 0 aliphatic carbocycles. The molecule has 1 aromatic carbocycles. The van der Waals surface area contributed by atoms with Crippen LogP contribution in [0.1, 0.15) is 63.0 Å². The summed E-state index contributed by atoms with van der Waals surface area (Å²) in [6, 6.07) is 3.47. The van der Waals surface area contributed by atoms with E-state index in [1.807, 2.05) is 47.6 Å². The Morgan fingerprint density at radius 1 is 1.00 bits per heavy atom. The molecule has 3 nitrogen and oxygen atoms in total. The van der Waals surface area contributed by atoms with Crippen molar-refractivity contribution < 1.29 is 32.1 Å². The molecule has 0 unspecified atom stereocenters. The summed E-state index contributed by atoms with van der Waals surface area (Å²) in [5.41, 5.74) is 1.12. The van der Waals surface area contributed by atoms with Gasteiger partial charge in [0.05, 0.1) is 0 Å². The molecule has 0 fully saturated rings. The first-order valence-corrected chi connectivity index (χ1v) is 6.06. The first kappa shape index (κ1) is 18.0. The number of aromatic carboxylic acids is 1. The largest absolute Gasteiger partial charge is 0.507 e. The zero-order chi connectivity index (χ0) is 14.3. The smallest absolute Gasteiger partial charge is 0.339 e. The Morgan fingerprint density at radius 3 is 1.79 bits per heavy atom. The average molecular weight is 306 g/mol. The molecule has 0 bridgehead atoms. The number of aromatic hydroxyl groups is 1. The zero-order valence-electron chi connectivity index (χ0n) is 12.3. The Bertz CT molecular complexity index is 479. The monoisotopic (exact) mass is 306 g/mol. The van der Waals surface area contributed by atoms with Gasteiger partial charge in [-0.3, -0.25) is 0 Å². The summed E-state index contributed by atoms with van der Waals surface area (Å²) >= 11 is 0. The summed E-state index contributed by atoms with van der Waals surface area (Å²) < 4.78 is 0. The minimum Gasteiger partial charge on any atom is -0.507 e. The summed E-state index contributed by atoms with van der Waals surface area (Å²) in [5.74, 6) is -1.22. The number of carbonyl (C=O) groups is 1. The van der Waals surface area contributed by atoms with Crippen LogP contribution in [0, 0.1) is 0 Å². The third kappa shape index (κ3) is 3.99. The van der Waals surface area contributed by atoms with E-state index in [2.05, 4.69) is 0 Å². The molecule has 0 aliphatic heterocycles. The van der Waals surface area contributed by atoms with Crippen LogP contribution in [-0.4, -0.2) is 16.2 Å². The maximum Gasteiger partial charge on any atom is 0.339 e. The van der Waals surface area contributed by atoms with E-state index in [1.165, 1.54) is 0 Å². The molecule has 2 N–H and O–H groups in total. The summed E-state index contributed by atoms with van der Waals surface area (Å²) in [5, 5.41) is 19.3. The molecular formula is C15H22FeO3. The molecule has 19 heavy (non-hydrogen) atoms. The SMILES string of the molecule is CC(C)(C)c1cc(C(=O)O)c(O)c(C(C)(C)C)c1.[Fe]. The van der Waals surface area contributed by atoms with Crippen molar-refractivity contribution in [3.8, 4) is 5.75 Å². The molecule has 1 aromatic rings. The van der Waals surface area contributed by atoms with Crippen LogP contribution >= 0.6 is 0 Å². The van der Waals surface area contributed by atoms with Gasteiger partial charge in [-0.05, 0) is 22.5 Å². The topological polar surface area (TPSA) is 57.5 Å². The quantitative estimate of drug-likeness (QED) is 0.778. The second kappa shape index (κ2) is 5.56. The van der Waals surface area contributed by atoms with E-state index in [4.69, 9.17) is 0 Å². The van der Waals surface area contributed by atoms with Gasteiger partial charge < -0.3 is 10.2 Å². The van der Waals surface area contributed by atoms with Crippen LogP contribution in [0.25, 0.3) is 0 Å². The van der Waals surface area contributed by atoms with Gasteiger partial charge in [-0.15, -0.1) is 0 Å². The van der Waals surface area contributed by atoms with Gasteiger partial charge in [0.25, 0.3) is 0 Å². The zero-order valence-corrected chi connectivity index (χ0v) is 13.4. The molecule has 0 atom stereocenters. The fraction of sp³-hybridized carbons (Fsp3) is 0.533. The molecule has 0 aliphatic rings. The van der Waals surface area contributed by atoms with Crippen molar-refractivity contribution in [3.63, 3.8) is 0 Å². The summed E-state index contributed by atoms with van der Waals surface area (Å²) in [7, 11) is 0. The summed E-state index contributed by atoms with van der Waals surface area (Å²) in [6.07, 6.45) is 0. The van der Waals surface area contributed by atoms with E-state index in [9.17, 15) is 15.0 Å². The Morgan fingerprint density at radius 2 is 1.47 bits per heavy atom. The molecule has 0 amide bonds. The van der Waals surface area contributed by atoms with E-state index in [0.717, 1.165) is 5.56 Å². The maximum atomic E-state index is 11.2. The molecule has 0 saturated heterocycles. The van der Waals surface area contributed by atoms with Crippen LogP contribution in [0.4, 0.5) is 0 Å². The molecule has 0 radical (unpaired) electrons. The van der Waals surface area contributed by atoms with Crippen LogP contribution in [0.5, 0.6) is 5.75 Å². The van der Waals surface area contributed by atoms with Gasteiger partial charge >= 0.3 is 5.97 Å². The number of benzene rings is 1. The van der Waals surface area contributed by atoms with Crippen molar-refractivity contribution in [2.75, 3.05) is 0 Å². The molecule has 1 rings (SSSR count). The minimum atomic E-state index is -1.09. The number of hydrogen-bond donors (Lipinski definition) is 2. The fourth-order valence-electron chi connectivity index (χ4n) is 1.80. The molecular weight excluding hydrogens is 284 g/mol. The van der Waals surface area contributed by atoms with Gasteiger partial charge in [-0.25, -0.2) is 4.79 Å².